The highest BCUT2D eigenvalue weighted by Crippen LogP contribution is 2.35. The molecular formula is C18H15BrF3NO6S2. The van der Waals surface area contributed by atoms with E-state index in [1.54, 1.807) is 19.1 Å². The molecule has 0 radical (unpaired) electrons. The molecule has 0 saturated carbocycles. The van der Waals surface area contributed by atoms with E-state index < -0.39 is 31.5 Å². The predicted molar refractivity (Wildman–Crippen MR) is 109 cm³/mol. The summed E-state index contributed by atoms with van der Waals surface area (Å²) in [6.45, 7) is 1.80. The fourth-order valence-corrected chi connectivity index (χ4v) is 4.78. The normalized spacial score (nSPS) is 16.1. The molecule has 0 fully saturated rings. The van der Waals surface area contributed by atoms with Crippen LogP contribution in [0.3, 0.4) is 0 Å². The van der Waals surface area contributed by atoms with Gasteiger partial charge in [-0.25, -0.2) is 0 Å². The SMILES string of the molecule is Cc1ccc(S(=O)(=O)O/N=C2\CCCc3cc(OS(=O)(=O)C(F)(F)F)cc(Br)c32)cc1. The molecule has 0 N–H and O–H groups in total. The van der Waals surface area contributed by atoms with Crippen molar-refractivity contribution in [3.05, 3.63) is 57.6 Å². The van der Waals surface area contributed by atoms with Crippen LogP contribution in [-0.4, -0.2) is 28.1 Å². The number of benzene rings is 2. The summed E-state index contributed by atoms with van der Waals surface area (Å²) >= 11 is 3.16. The van der Waals surface area contributed by atoms with Gasteiger partial charge in [0, 0.05) is 10.0 Å². The second kappa shape index (κ2) is 8.43. The van der Waals surface area contributed by atoms with Crippen molar-refractivity contribution >= 4 is 41.9 Å². The van der Waals surface area contributed by atoms with Crippen molar-refractivity contribution in [3.63, 3.8) is 0 Å². The van der Waals surface area contributed by atoms with Gasteiger partial charge in [0.1, 0.15) is 10.6 Å². The number of alkyl halides is 3. The van der Waals surface area contributed by atoms with E-state index >= 15 is 0 Å². The Bertz CT molecular complexity index is 1240. The topological polar surface area (TPSA) is 99.1 Å². The Kier molecular flexibility index (Phi) is 6.40. The summed E-state index contributed by atoms with van der Waals surface area (Å²) < 4.78 is 94.2. The van der Waals surface area contributed by atoms with Gasteiger partial charge < -0.3 is 4.18 Å². The highest BCUT2D eigenvalue weighted by atomic mass is 79.9. The Balaban J connectivity index is 1.91. The van der Waals surface area contributed by atoms with Gasteiger partial charge in [0.15, 0.2) is 0 Å². The fraction of sp³-hybridized carbons (Fsp3) is 0.278. The fourth-order valence-electron chi connectivity index (χ4n) is 2.88. The van der Waals surface area contributed by atoms with Gasteiger partial charge in [0.05, 0.1) is 5.71 Å². The van der Waals surface area contributed by atoms with E-state index in [0.29, 0.717) is 30.4 Å². The Morgan fingerprint density at radius 3 is 2.29 bits per heavy atom. The molecule has 0 aromatic heterocycles. The van der Waals surface area contributed by atoms with Crippen LogP contribution in [0.5, 0.6) is 5.75 Å². The van der Waals surface area contributed by atoms with Crippen molar-refractivity contribution in [2.75, 3.05) is 0 Å². The van der Waals surface area contributed by atoms with Gasteiger partial charge in [-0.3, -0.25) is 4.28 Å². The Morgan fingerprint density at radius 1 is 1.03 bits per heavy atom. The Labute approximate surface area is 185 Å². The molecule has 13 heteroatoms. The van der Waals surface area contributed by atoms with Crippen molar-refractivity contribution < 1.29 is 38.5 Å². The second-order valence-electron chi connectivity index (χ2n) is 6.66. The number of halogens is 4. The average molecular weight is 542 g/mol. The number of rotatable bonds is 5. The Morgan fingerprint density at radius 2 is 1.68 bits per heavy atom. The van der Waals surface area contributed by atoms with Crippen LogP contribution in [0.2, 0.25) is 0 Å². The first-order chi connectivity index (χ1) is 14.3. The summed E-state index contributed by atoms with van der Waals surface area (Å²) in [6, 6.07) is 8.14. The monoisotopic (exact) mass is 541 g/mol. The van der Waals surface area contributed by atoms with Crippen LogP contribution in [0, 0.1) is 6.92 Å². The lowest BCUT2D eigenvalue weighted by Gasteiger charge is -2.20. The first-order valence-corrected chi connectivity index (χ1v) is 12.3. The zero-order valence-electron chi connectivity index (χ0n) is 15.8. The molecule has 0 aliphatic heterocycles. The standard InChI is InChI=1S/C18H15BrF3NO6S2/c1-11-5-7-14(8-6-11)30(24,25)29-23-16-4-2-3-12-9-13(10-15(19)17(12)16)28-31(26,27)18(20,21)22/h5-10H,2-4H2,1H3/b23-16+. The molecule has 2 aromatic rings. The summed E-state index contributed by atoms with van der Waals surface area (Å²) in [5, 5.41) is 3.76. The number of fused-ring (bicyclic) bond motifs is 1. The quantitative estimate of drug-likeness (QED) is 0.315. The van der Waals surface area contributed by atoms with Crippen LogP contribution in [0.25, 0.3) is 0 Å². The van der Waals surface area contributed by atoms with Crippen molar-refractivity contribution in [2.24, 2.45) is 5.16 Å². The third kappa shape index (κ3) is 5.21. The molecule has 1 aliphatic rings. The van der Waals surface area contributed by atoms with Gasteiger partial charge in [-0.2, -0.15) is 30.0 Å². The molecule has 168 valence electrons. The largest absolute Gasteiger partial charge is 0.534 e. The van der Waals surface area contributed by atoms with Crippen LogP contribution < -0.4 is 4.18 Å². The minimum Gasteiger partial charge on any atom is -0.376 e. The molecule has 0 heterocycles. The van der Waals surface area contributed by atoms with Crippen LogP contribution in [-0.2, 0) is 30.9 Å². The molecule has 2 aromatic carbocycles. The molecule has 31 heavy (non-hydrogen) atoms. The predicted octanol–water partition coefficient (Wildman–Crippen LogP) is 4.43. The van der Waals surface area contributed by atoms with Gasteiger partial charge in [0.2, 0.25) is 0 Å². The second-order valence-corrected chi connectivity index (χ2v) is 10.6. The zero-order valence-corrected chi connectivity index (χ0v) is 19.0. The van der Waals surface area contributed by atoms with Crippen molar-refractivity contribution in [3.8, 4) is 5.75 Å². The number of nitrogens with zero attached hydrogens (tertiary/aromatic N) is 1. The summed E-state index contributed by atoms with van der Waals surface area (Å²) in [5.74, 6) is -0.530. The molecule has 7 nitrogen and oxygen atoms in total. The third-order valence-electron chi connectivity index (χ3n) is 4.34. The summed E-state index contributed by atoms with van der Waals surface area (Å²) in [6.07, 6.45) is 1.22. The van der Waals surface area contributed by atoms with E-state index in [1.165, 1.54) is 12.1 Å². The highest BCUT2D eigenvalue weighted by molar-refractivity contribution is 9.10. The lowest BCUT2D eigenvalue weighted by atomic mass is 9.90. The van der Waals surface area contributed by atoms with Crippen LogP contribution >= 0.6 is 15.9 Å². The Hall–Kier alpha value is -2.12. The number of oxime groups is 1. The molecule has 0 spiro atoms. The van der Waals surface area contributed by atoms with Gasteiger partial charge >= 0.3 is 25.7 Å². The molecular weight excluding hydrogens is 527 g/mol. The van der Waals surface area contributed by atoms with Crippen LogP contribution in [0.1, 0.15) is 29.5 Å². The first kappa shape index (κ1) is 23.5. The minimum absolute atomic E-state index is 0.0846. The third-order valence-corrected chi connectivity index (χ3v) is 7.06. The van der Waals surface area contributed by atoms with E-state index in [2.05, 4.69) is 25.3 Å². The van der Waals surface area contributed by atoms with Crippen molar-refractivity contribution in [1.29, 1.82) is 0 Å². The maximum absolute atomic E-state index is 12.6. The maximum atomic E-state index is 12.6. The van der Waals surface area contributed by atoms with Gasteiger partial charge in [-0.15, -0.1) is 0 Å². The number of hydrogen-bond acceptors (Lipinski definition) is 7. The summed E-state index contributed by atoms with van der Waals surface area (Å²) in [4.78, 5) is -0.0846. The van der Waals surface area contributed by atoms with Gasteiger partial charge in [-0.1, -0.05) is 22.9 Å². The van der Waals surface area contributed by atoms with Gasteiger partial charge in [-0.05, 0) is 71.9 Å². The van der Waals surface area contributed by atoms with E-state index in [1.807, 2.05) is 0 Å². The minimum atomic E-state index is -5.83. The summed E-state index contributed by atoms with van der Waals surface area (Å²) in [7, 11) is -10.00. The van der Waals surface area contributed by atoms with E-state index in [-0.39, 0.29) is 15.1 Å². The zero-order chi connectivity index (χ0) is 23.0. The molecule has 0 amide bonds. The average Bonchev–Trinajstić information content (AvgIpc) is 2.65. The first-order valence-electron chi connectivity index (χ1n) is 8.71. The molecule has 0 unspecified atom stereocenters. The smallest absolute Gasteiger partial charge is 0.376 e. The molecule has 3 rings (SSSR count). The lowest BCUT2D eigenvalue weighted by Crippen LogP contribution is -2.28. The van der Waals surface area contributed by atoms with Crippen molar-refractivity contribution in [1.82, 2.24) is 0 Å². The van der Waals surface area contributed by atoms with E-state index in [4.69, 9.17) is 4.28 Å². The molecule has 0 atom stereocenters. The number of hydrogen-bond donors (Lipinski definition) is 0. The lowest BCUT2D eigenvalue weighted by molar-refractivity contribution is -0.0500. The molecule has 1 aliphatic carbocycles. The van der Waals surface area contributed by atoms with Crippen LogP contribution in [0.4, 0.5) is 13.2 Å². The maximum Gasteiger partial charge on any atom is 0.534 e. The van der Waals surface area contributed by atoms with E-state index in [9.17, 15) is 30.0 Å². The number of aryl methyl sites for hydroxylation is 2. The molecule has 0 bridgehead atoms. The molecule has 0 saturated heterocycles. The van der Waals surface area contributed by atoms with E-state index in [0.717, 1.165) is 17.7 Å². The summed E-state index contributed by atoms with van der Waals surface area (Å²) in [5.41, 5.74) is -3.62. The van der Waals surface area contributed by atoms with Crippen molar-refractivity contribution in [2.45, 2.75) is 36.6 Å². The van der Waals surface area contributed by atoms with Crippen LogP contribution in [0.15, 0.2) is 50.9 Å². The van der Waals surface area contributed by atoms with Gasteiger partial charge in [0.25, 0.3) is 0 Å². The highest BCUT2D eigenvalue weighted by Gasteiger charge is 2.48.